The van der Waals surface area contributed by atoms with E-state index in [2.05, 4.69) is 0 Å². The fraction of sp³-hybridized carbons (Fsp3) is 0.0667. The lowest BCUT2D eigenvalue weighted by Gasteiger charge is -2.13. The number of anilines is 1. The highest BCUT2D eigenvalue weighted by atomic mass is 32.2. The molecule has 1 aliphatic rings. The summed E-state index contributed by atoms with van der Waals surface area (Å²) < 4.78 is 0.371. The zero-order chi connectivity index (χ0) is 16.6. The van der Waals surface area contributed by atoms with E-state index in [4.69, 9.17) is 12.2 Å². The average molecular weight is 362 g/mol. The number of aryl methyl sites for hydroxylation is 1. The van der Waals surface area contributed by atoms with E-state index in [9.17, 15) is 14.9 Å². The zero-order valence-electron chi connectivity index (χ0n) is 11.9. The number of nitro benzene ring substituents is 1. The summed E-state index contributed by atoms with van der Waals surface area (Å²) in [5.74, 6) is -0.256. The second kappa shape index (κ2) is 6.23. The predicted molar refractivity (Wildman–Crippen MR) is 97.8 cm³/mol. The highest BCUT2D eigenvalue weighted by molar-refractivity contribution is 8.27. The molecule has 2 heterocycles. The van der Waals surface area contributed by atoms with Crippen LogP contribution in [0.25, 0.3) is 6.08 Å². The maximum Gasteiger partial charge on any atom is 0.271 e. The standard InChI is InChI=1S/C15H10N2O3S3/c1-9-5-6-22-12(9)8-13-14(18)16(15(21)23-13)10-3-2-4-11(7-10)17(19)20/h2-8H,1H3. The average Bonchev–Trinajstić information content (AvgIpc) is 3.03. The molecule has 3 rings (SSSR count). The van der Waals surface area contributed by atoms with Crippen LogP contribution in [0.5, 0.6) is 0 Å². The molecule has 1 aromatic heterocycles. The van der Waals surface area contributed by atoms with Crippen molar-refractivity contribution in [2.75, 3.05) is 4.90 Å². The third-order valence-corrected chi connectivity index (χ3v) is 5.52. The minimum atomic E-state index is -0.494. The van der Waals surface area contributed by atoms with Gasteiger partial charge < -0.3 is 0 Å². The van der Waals surface area contributed by atoms with Crippen LogP contribution in [0, 0.1) is 17.0 Å². The van der Waals surface area contributed by atoms with Crippen molar-refractivity contribution in [2.24, 2.45) is 0 Å². The van der Waals surface area contributed by atoms with Crippen molar-refractivity contribution < 1.29 is 9.72 Å². The van der Waals surface area contributed by atoms with Crippen LogP contribution in [-0.4, -0.2) is 15.2 Å². The Bertz CT molecular complexity index is 857. The van der Waals surface area contributed by atoms with Crippen LogP contribution in [0.4, 0.5) is 11.4 Å². The summed E-state index contributed by atoms with van der Waals surface area (Å²) in [6.45, 7) is 1.98. The Hall–Kier alpha value is -2.03. The topological polar surface area (TPSA) is 63.4 Å². The molecule has 5 nitrogen and oxygen atoms in total. The van der Waals surface area contributed by atoms with E-state index in [1.807, 2.05) is 24.4 Å². The highest BCUT2D eigenvalue weighted by Gasteiger charge is 2.34. The first-order valence-electron chi connectivity index (χ1n) is 6.54. The molecule has 0 spiro atoms. The summed E-state index contributed by atoms with van der Waals surface area (Å²) >= 11 is 8.03. The number of non-ortho nitro benzene ring substituents is 1. The zero-order valence-corrected chi connectivity index (χ0v) is 14.3. The molecule has 1 saturated heterocycles. The molecule has 0 saturated carbocycles. The van der Waals surface area contributed by atoms with Crippen LogP contribution < -0.4 is 4.90 Å². The van der Waals surface area contributed by atoms with Crippen molar-refractivity contribution in [1.82, 2.24) is 0 Å². The molecule has 1 aromatic carbocycles. The third-order valence-electron chi connectivity index (χ3n) is 3.26. The number of thiocarbonyl (C=S) groups is 1. The number of carbonyl (C=O) groups is 1. The smallest absolute Gasteiger partial charge is 0.268 e. The van der Waals surface area contributed by atoms with Gasteiger partial charge >= 0.3 is 0 Å². The van der Waals surface area contributed by atoms with Crippen LogP contribution in [0.1, 0.15) is 10.4 Å². The SMILES string of the molecule is Cc1ccsc1C=C1SC(=S)N(c2cccc([N+](=O)[O-])c2)C1=O. The number of nitrogens with zero attached hydrogens (tertiary/aromatic N) is 2. The molecular weight excluding hydrogens is 352 g/mol. The number of thiophene rings is 1. The summed E-state index contributed by atoms with van der Waals surface area (Å²) in [6, 6.07) is 7.89. The Morgan fingerprint density at radius 2 is 2.13 bits per heavy atom. The van der Waals surface area contributed by atoms with Gasteiger partial charge in [-0.25, -0.2) is 0 Å². The molecule has 0 unspecified atom stereocenters. The van der Waals surface area contributed by atoms with E-state index >= 15 is 0 Å². The second-order valence-corrected chi connectivity index (χ2v) is 7.39. The van der Waals surface area contributed by atoms with Crippen molar-refractivity contribution in [1.29, 1.82) is 0 Å². The normalized spacial score (nSPS) is 16.4. The Morgan fingerprint density at radius 1 is 1.35 bits per heavy atom. The number of rotatable bonds is 3. The first-order valence-corrected chi connectivity index (χ1v) is 8.64. The van der Waals surface area contributed by atoms with Crippen LogP contribution in [0.2, 0.25) is 0 Å². The fourth-order valence-electron chi connectivity index (χ4n) is 2.09. The lowest BCUT2D eigenvalue weighted by Crippen LogP contribution is -2.27. The van der Waals surface area contributed by atoms with E-state index in [0.29, 0.717) is 14.9 Å². The first kappa shape index (κ1) is 15.9. The number of amides is 1. The number of thioether (sulfide) groups is 1. The fourth-order valence-corrected chi connectivity index (χ4v) is 4.30. The molecule has 8 heteroatoms. The van der Waals surface area contributed by atoms with Gasteiger partial charge in [-0.15, -0.1) is 11.3 Å². The molecular formula is C15H10N2O3S3. The largest absolute Gasteiger partial charge is 0.271 e. The molecule has 0 bridgehead atoms. The van der Waals surface area contributed by atoms with Gasteiger partial charge in [-0.1, -0.05) is 30.0 Å². The highest BCUT2D eigenvalue weighted by Crippen LogP contribution is 2.37. The van der Waals surface area contributed by atoms with Crippen molar-refractivity contribution in [3.8, 4) is 0 Å². The van der Waals surface area contributed by atoms with Crippen molar-refractivity contribution in [3.63, 3.8) is 0 Å². The van der Waals surface area contributed by atoms with Crippen LogP contribution in [0.15, 0.2) is 40.6 Å². The lowest BCUT2D eigenvalue weighted by atomic mass is 10.2. The van der Waals surface area contributed by atoms with E-state index in [0.717, 1.165) is 10.4 Å². The quantitative estimate of drug-likeness (QED) is 0.351. The van der Waals surface area contributed by atoms with E-state index in [1.54, 1.807) is 23.5 Å². The third kappa shape index (κ3) is 3.05. The van der Waals surface area contributed by atoms with Crippen molar-refractivity contribution >= 4 is 63.0 Å². The Labute approximate surface area is 145 Å². The molecule has 0 N–H and O–H groups in total. The Morgan fingerprint density at radius 3 is 2.78 bits per heavy atom. The molecule has 1 fully saturated rings. The van der Waals surface area contributed by atoms with E-state index in [1.165, 1.54) is 28.8 Å². The molecule has 2 aromatic rings. The van der Waals surface area contributed by atoms with Gasteiger partial charge in [0.15, 0.2) is 4.32 Å². The van der Waals surface area contributed by atoms with Gasteiger partial charge in [0, 0.05) is 17.0 Å². The van der Waals surface area contributed by atoms with Crippen LogP contribution in [-0.2, 0) is 4.79 Å². The van der Waals surface area contributed by atoms with Gasteiger partial charge in [-0.2, -0.15) is 0 Å². The Kier molecular flexibility index (Phi) is 4.29. The van der Waals surface area contributed by atoms with Gasteiger partial charge in [0.05, 0.1) is 15.5 Å². The molecule has 0 aliphatic carbocycles. The van der Waals surface area contributed by atoms with Crippen LogP contribution in [0.3, 0.4) is 0 Å². The van der Waals surface area contributed by atoms with E-state index in [-0.39, 0.29) is 11.6 Å². The minimum absolute atomic E-state index is 0.0744. The van der Waals surface area contributed by atoms with Gasteiger partial charge in [0.25, 0.3) is 11.6 Å². The summed E-state index contributed by atoms with van der Waals surface area (Å²) in [5.41, 5.74) is 1.43. The maximum atomic E-state index is 12.6. The number of benzene rings is 1. The first-order chi connectivity index (χ1) is 11.0. The summed E-state index contributed by atoms with van der Waals surface area (Å²) in [5, 5.41) is 12.9. The van der Waals surface area contributed by atoms with Gasteiger partial charge in [0.2, 0.25) is 0 Å². The number of hydrogen-bond donors (Lipinski definition) is 0. The predicted octanol–water partition coefficient (Wildman–Crippen LogP) is 4.37. The summed E-state index contributed by atoms with van der Waals surface area (Å²) in [7, 11) is 0. The van der Waals surface area contributed by atoms with Gasteiger partial charge in [-0.05, 0) is 36.1 Å². The van der Waals surface area contributed by atoms with Gasteiger partial charge in [0.1, 0.15) is 0 Å². The Balaban J connectivity index is 1.96. The minimum Gasteiger partial charge on any atom is -0.268 e. The number of nitro groups is 1. The molecule has 0 atom stereocenters. The molecule has 23 heavy (non-hydrogen) atoms. The van der Waals surface area contributed by atoms with Crippen LogP contribution >= 0.6 is 35.3 Å². The molecule has 1 amide bonds. The van der Waals surface area contributed by atoms with E-state index < -0.39 is 4.92 Å². The second-order valence-electron chi connectivity index (χ2n) is 4.76. The summed E-state index contributed by atoms with van der Waals surface area (Å²) in [4.78, 5) is 25.9. The molecule has 0 radical (unpaired) electrons. The summed E-state index contributed by atoms with van der Waals surface area (Å²) in [6.07, 6.45) is 1.82. The van der Waals surface area contributed by atoms with Crippen molar-refractivity contribution in [3.05, 3.63) is 61.2 Å². The number of carbonyl (C=O) groups excluding carboxylic acids is 1. The van der Waals surface area contributed by atoms with Crippen molar-refractivity contribution in [2.45, 2.75) is 6.92 Å². The molecule has 1 aliphatic heterocycles. The molecule has 116 valence electrons. The lowest BCUT2D eigenvalue weighted by molar-refractivity contribution is -0.384. The maximum absolute atomic E-state index is 12.6. The van der Waals surface area contributed by atoms with Gasteiger partial charge in [-0.3, -0.25) is 19.8 Å². The number of hydrogen-bond acceptors (Lipinski definition) is 6. The monoisotopic (exact) mass is 362 g/mol.